The van der Waals surface area contributed by atoms with Crippen LogP contribution >= 0.6 is 0 Å². The van der Waals surface area contributed by atoms with Crippen molar-refractivity contribution in [3.63, 3.8) is 0 Å². The van der Waals surface area contributed by atoms with Gasteiger partial charge >= 0.3 is 6.03 Å². The summed E-state index contributed by atoms with van der Waals surface area (Å²) in [5.41, 5.74) is 10.8. The van der Waals surface area contributed by atoms with E-state index in [2.05, 4.69) is 25.7 Å². The maximum absolute atomic E-state index is 14.6. The molecule has 0 bridgehead atoms. The number of nitrogens with two attached hydrogens (primary N) is 1. The zero-order valence-electron chi connectivity index (χ0n) is 15.2. The fraction of sp³-hybridized carbons (Fsp3) is 0.167. The Kier molecular flexibility index (Phi) is 4.22. The maximum atomic E-state index is 14.6. The van der Waals surface area contributed by atoms with Gasteiger partial charge in [0.15, 0.2) is 5.65 Å². The van der Waals surface area contributed by atoms with Crippen LogP contribution in [0.1, 0.15) is 23.9 Å². The molecule has 0 spiro atoms. The molecule has 1 aromatic carbocycles. The number of aromatic nitrogens is 5. The lowest BCUT2D eigenvalue weighted by Crippen LogP contribution is -2.25. The van der Waals surface area contributed by atoms with Crippen LogP contribution in [0.4, 0.5) is 9.18 Å². The molecule has 0 aliphatic heterocycles. The Hall–Kier alpha value is -3.82. The minimum absolute atomic E-state index is 0.310. The fourth-order valence-electron chi connectivity index (χ4n) is 2.98. The molecule has 0 aliphatic carbocycles. The number of benzene rings is 1. The molecule has 0 atom stereocenters. The van der Waals surface area contributed by atoms with Crippen LogP contribution in [0.25, 0.3) is 16.6 Å². The van der Waals surface area contributed by atoms with Gasteiger partial charge in [-0.25, -0.2) is 24.1 Å². The molecule has 3 aromatic heterocycles. The van der Waals surface area contributed by atoms with Crippen LogP contribution < -0.4 is 11.2 Å². The molecule has 9 nitrogen and oxygen atoms in total. The number of nitrogens with one attached hydrogen (secondary N) is 1. The summed E-state index contributed by atoms with van der Waals surface area (Å²) in [6.07, 6.45) is 3.67. The lowest BCUT2D eigenvalue weighted by atomic mass is 10.1. The van der Waals surface area contributed by atoms with E-state index in [1.807, 2.05) is 0 Å². The molecule has 4 aromatic rings. The van der Waals surface area contributed by atoms with Crippen molar-refractivity contribution < 1.29 is 9.18 Å². The monoisotopic (exact) mass is 380 g/mol. The van der Waals surface area contributed by atoms with E-state index in [4.69, 9.17) is 5.73 Å². The summed E-state index contributed by atoms with van der Waals surface area (Å²) < 4.78 is 17.9. The van der Waals surface area contributed by atoms with Crippen LogP contribution in [-0.4, -0.2) is 36.1 Å². The van der Waals surface area contributed by atoms with Gasteiger partial charge in [0.2, 0.25) is 0 Å². The number of urea groups is 1. The number of nitrogens with zero attached hydrogens (tertiary/aromatic N) is 6. The SMILES string of the molecule is C/C(=N\NC(N)=O)c1ccc2ncc(Cc3cc4cnn(C)c4cc3F)n2n1. The van der Waals surface area contributed by atoms with Gasteiger partial charge in [-0.3, -0.25) is 4.68 Å². The second kappa shape index (κ2) is 6.72. The normalized spacial score (nSPS) is 12.0. The van der Waals surface area contributed by atoms with Gasteiger partial charge in [0.05, 0.1) is 29.3 Å². The van der Waals surface area contributed by atoms with Crippen molar-refractivity contribution in [2.45, 2.75) is 13.3 Å². The highest BCUT2D eigenvalue weighted by atomic mass is 19.1. The first-order valence-corrected chi connectivity index (χ1v) is 8.46. The summed E-state index contributed by atoms with van der Waals surface area (Å²) in [6, 6.07) is 6.01. The van der Waals surface area contributed by atoms with E-state index in [1.165, 1.54) is 6.07 Å². The highest BCUT2D eigenvalue weighted by molar-refractivity contribution is 5.97. The fourth-order valence-corrected chi connectivity index (χ4v) is 2.98. The number of halogens is 1. The third-order valence-electron chi connectivity index (χ3n) is 4.42. The average molecular weight is 380 g/mol. The van der Waals surface area contributed by atoms with Gasteiger partial charge in [-0.1, -0.05) is 0 Å². The maximum Gasteiger partial charge on any atom is 0.332 e. The summed E-state index contributed by atoms with van der Waals surface area (Å²) in [4.78, 5) is 15.1. The Labute approximate surface area is 158 Å². The summed E-state index contributed by atoms with van der Waals surface area (Å²) in [5, 5.41) is 13.4. The van der Waals surface area contributed by atoms with E-state index in [9.17, 15) is 9.18 Å². The Morgan fingerprint density at radius 3 is 2.93 bits per heavy atom. The van der Waals surface area contributed by atoms with Gasteiger partial charge in [-0.15, -0.1) is 0 Å². The van der Waals surface area contributed by atoms with Crippen molar-refractivity contribution in [3.05, 3.63) is 59.4 Å². The number of hydrogen-bond acceptors (Lipinski definition) is 5. The molecule has 0 fully saturated rings. The van der Waals surface area contributed by atoms with Gasteiger partial charge in [-0.2, -0.15) is 15.3 Å². The number of imidazole rings is 1. The molecule has 0 saturated heterocycles. The summed E-state index contributed by atoms with van der Waals surface area (Å²) in [6.45, 7) is 1.69. The number of aryl methyl sites for hydroxylation is 1. The Morgan fingerprint density at radius 1 is 1.32 bits per heavy atom. The second-order valence-corrected chi connectivity index (χ2v) is 6.36. The Bertz CT molecular complexity index is 1240. The third kappa shape index (κ3) is 3.15. The first-order valence-electron chi connectivity index (χ1n) is 8.46. The van der Waals surface area contributed by atoms with Crippen LogP contribution in [0.15, 0.2) is 41.8 Å². The summed E-state index contributed by atoms with van der Waals surface area (Å²) >= 11 is 0. The van der Waals surface area contributed by atoms with Crippen molar-refractivity contribution in [1.29, 1.82) is 0 Å². The molecule has 3 heterocycles. The zero-order chi connectivity index (χ0) is 19.8. The largest absolute Gasteiger partial charge is 0.350 e. The van der Waals surface area contributed by atoms with E-state index < -0.39 is 6.03 Å². The third-order valence-corrected chi connectivity index (χ3v) is 4.42. The Morgan fingerprint density at radius 2 is 2.14 bits per heavy atom. The van der Waals surface area contributed by atoms with Gasteiger partial charge < -0.3 is 5.73 Å². The quantitative estimate of drug-likeness (QED) is 0.414. The number of carbonyl (C=O) groups is 1. The van der Waals surface area contributed by atoms with E-state index in [-0.39, 0.29) is 5.82 Å². The number of primary amides is 1. The first kappa shape index (κ1) is 17.6. The zero-order valence-corrected chi connectivity index (χ0v) is 15.2. The minimum Gasteiger partial charge on any atom is -0.350 e. The van der Waals surface area contributed by atoms with Crippen LogP contribution in [-0.2, 0) is 13.5 Å². The number of amides is 2. The van der Waals surface area contributed by atoms with Crippen molar-refractivity contribution >= 4 is 28.3 Å². The highest BCUT2D eigenvalue weighted by Crippen LogP contribution is 2.21. The van der Waals surface area contributed by atoms with Crippen LogP contribution in [0.3, 0.4) is 0 Å². The van der Waals surface area contributed by atoms with Gasteiger partial charge in [-0.05, 0) is 30.7 Å². The molecular formula is C18H17FN8O. The standard InChI is InChI=1S/C18H17FN8O/c1-10(23-24-18(20)28)15-3-4-17-21-9-13(27(17)25-15)6-11-5-12-8-22-26(2)16(12)7-14(11)19/h3-5,7-9H,6H2,1-2H3,(H3,20,24,28)/b23-10+. The van der Waals surface area contributed by atoms with Crippen LogP contribution in [0.5, 0.6) is 0 Å². The molecule has 0 unspecified atom stereocenters. The summed E-state index contributed by atoms with van der Waals surface area (Å²) in [7, 11) is 1.77. The molecule has 0 radical (unpaired) electrons. The van der Waals surface area contributed by atoms with Crippen LogP contribution in [0.2, 0.25) is 0 Å². The molecule has 142 valence electrons. The lowest BCUT2D eigenvalue weighted by Gasteiger charge is -2.06. The molecule has 4 rings (SSSR count). The predicted molar refractivity (Wildman–Crippen MR) is 101 cm³/mol. The van der Waals surface area contributed by atoms with Crippen molar-refractivity contribution in [2.24, 2.45) is 17.9 Å². The van der Waals surface area contributed by atoms with Gasteiger partial charge in [0.1, 0.15) is 11.5 Å². The topological polar surface area (TPSA) is 115 Å². The van der Waals surface area contributed by atoms with Gasteiger partial charge in [0, 0.05) is 24.9 Å². The molecule has 10 heteroatoms. The first-order chi connectivity index (χ1) is 13.4. The molecular weight excluding hydrogens is 363 g/mol. The number of hydrazone groups is 1. The number of hydrogen-bond donors (Lipinski definition) is 2. The van der Waals surface area contributed by atoms with E-state index in [0.717, 1.165) is 16.6 Å². The molecule has 0 saturated carbocycles. The molecule has 2 amide bonds. The van der Waals surface area contributed by atoms with Gasteiger partial charge in [0.25, 0.3) is 0 Å². The van der Waals surface area contributed by atoms with E-state index >= 15 is 0 Å². The summed E-state index contributed by atoms with van der Waals surface area (Å²) in [5.74, 6) is -0.314. The highest BCUT2D eigenvalue weighted by Gasteiger charge is 2.13. The number of fused-ring (bicyclic) bond motifs is 2. The van der Waals surface area contributed by atoms with Crippen molar-refractivity contribution in [1.82, 2.24) is 29.8 Å². The van der Waals surface area contributed by atoms with Crippen molar-refractivity contribution in [2.75, 3.05) is 0 Å². The number of carbonyl (C=O) groups excluding carboxylic acids is 1. The molecule has 28 heavy (non-hydrogen) atoms. The van der Waals surface area contributed by atoms with Crippen LogP contribution in [0, 0.1) is 5.82 Å². The predicted octanol–water partition coefficient (Wildman–Crippen LogP) is 1.74. The minimum atomic E-state index is -0.759. The average Bonchev–Trinajstić information content (AvgIpc) is 3.23. The van der Waals surface area contributed by atoms with E-state index in [0.29, 0.717) is 29.0 Å². The number of rotatable bonds is 4. The smallest absolute Gasteiger partial charge is 0.332 e. The molecule has 3 N–H and O–H groups in total. The second-order valence-electron chi connectivity index (χ2n) is 6.36. The lowest BCUT2D eigenvalue weighted by molar-refractivity contribution is 0.249. The van der Waals surface area contributed by atoms with E-state index in [1.54, 1.807) is 53.8 Å². The van der Waals surface area contributed by atoms with Crippen molar-refractivity contribution in [3.8, 4) is 0 Å². The molecule has 0 aliphatic rings. The Balaban J connectivity index is 1.71.